The van der Waals surface area contributed by atoms with Crippen LogP contribution < -0.4 is 4.74 Å². The molecule has 0 heterocycles. The first-order valence-corrected chi connectivity index (χ1v) is 8.34. The molecule has 0 unspecified atom stereocenters. The maximum absolute atomic E-state index is 13.0. The van der Waals surface area contributed by atoms with E-state index in [4.69, 9.17) is 4.74 Å². The third-order valence-corrected chi connectivity index (χ3v) is 4.55. The fourth-order valence-corrected chi connectivity index (χ4v) is 3.24. The zero-order valence-corrected chi connectivity index (χ0v) is 14.1. The van der Waals surface area contributed by atoms with Crippen molar-refractivity contribution in [2.24, 2.45) is 0 Å². The summed E-state index contributed by atoms with van der Waals surface area (Å²) in [4.78, 5) is 24.1. The predicted octanol–water partition coefficient (Wildman–Crippen LogP) is 5.10. The van der Waals surface area contributed by atoms with Crippen molar-refractivity contribution in [3.8, 4) is 5.75 Å². The maximum atomic E-state index is 13.0. The van der Waals surface area contributed by atoms with Crippen LogP contribution in [0.3, 0.4) is 0 Å². The van der Waals surface area contributed by atoms with E-state index in [1.54, 1.807) is 42.5 Å². The van der Waals surface area contributed by atoms with Gasteiger partial charge in [0.2, 0.25) is 0 Å². The lowest BCUT2D eigenvalue weighted by molar-refractivity contribution is -0.387. The van der Waals surface area contributed by atoms with Crippen LogP contribution in [0.15, 0.2) is 82.6 Å². The first kappa shape index (κ1) is 17.6. The number of halogens is 1. The summed E-state index contributed by atoms with van der Waals surface area (Å²) >= 11 is 1.11. The Morgan fingerprint density at radius 2 is 1.54 bits per heavy atom. The number of nitro groups is 1. The average molecular weight is 369 g/mol. The van der Waals surface area contributed by atoms with E-state index in [9.17, 15) is 19.3 Å². The number of rotatable bonds is 5. The first-order chi connectivity index (χ1) is 12.5. The second-order valence-electron chi connectivity index (χ2n) is 5.17. The normalized spacial score (nSPS) is 10.3. The Bertz CT molecular complexity index is 960. The number of carbonyl (C=O) groups is 1. The van der Waals surface area contributed by atoms with Gasteiger partial charge < -0.3 is 4.74 Å². The van der Waals surface area contributed by atoms with Crippen molar-refractivity contribution < 1.29 is 18.8 Å². The molecule has 5 nitrogen and oxygen atoms in total. The molecule has 3 rings (SSSR count). The van der Waals surface area contributed by atoms with Crippen LogP contribution in [0, 0.1) is 15.9 Å². The van der Waals surface area contributed by atoms with Crippen LogP contribution in [-0.4, -0.2) is 10.9 Å². The minimum Gasteiger partial charge on any atom is -0.423 e. The fraction of sp³-hybridized carbons (Fsp3) is 0. The number of ether oxygens (including phenoxy) is 1. The quantitative estimate of drug-likeness (QED) is 0.271. The van der Waals surface area contributed by atoms with Gasteiger partial charge in [-0.15, -0.1) is 0 Å². The molecule has 0 spiro atoms. The third kappa shape index (κ3) is 4.07. The maximum Gasteiger partial charge on any atom is 0.344 e. The van der Waals surface area contributed by atoms with Crippen LogP contribution in [0.25, 0.3) is 0 Å². The van der Waals surface area contributed by atoms with E-state index < -0.39 is 16.7 Å². The Morgan fingerprint density at radius 3 is 2.23 bits per heavy atom. The van der Waals surface area contributed by atoms with E-state index in [0.717, 1.165) is 11.8 Å². The molecule has 0 aliphatic carbocycles. The molecular formula is C19H12FNO4S. The molecule has 0 radical (unpaired) electrons. The van der Waals surface area contributed by atoms with Crippen molar-refractivity contribution in [2.45, 2.75) is 9.79 Å². The highest BCUT2D eigenvalue weighted by Gasteiger charge is 2.18. The van der Waals surface area contributed by atoms with E-state index in [-0.39, 0.29) is 17.0 Å². The molecule has 0 bridgehead atoms. The number of nitro benzene ring substituents is 1. The molecular weight excluding hydrogens is 357 g/mol. The average Bonchev–Trinajstić information content (AvgIpc) is 2.64. The van der Waals surface area contributed by atoms with E-state index in [1.165, 1.54) is 30.3 Å². The highest BCUT2D eigenvalue weighted by Crippen LogP contribution is 2.36. The van der Waals surface area contributed by atoms with Crippen molar-refractivity contribution in [1.29, 1.82) is 0 Å². The summed E-state index contributed by atoms with van der Waals surface area (Å²) in [6, 6.07) is 18.0. The smallest absolute Gasteiger partial charge is 0.344 e. The molecule has 0 saturated carbocycles. The molecule has 130 valence electrons. The minimum atomic E-state index is -0.627. The lowest BCUT2D eigenvalue weighted by Gasteiger charge is -2.09. The third-order valence-electron chi connectivity index (χ3n) is 3.41. The van der Waals surface area contributed by atoms with Gasteiger partial charge in [-0.1, -0.05) is 36.0 Å². The summed E-state index contributed by atoms with van der Waals surface area (Å²) in [7, 11) is 0. The molecule has 3 aromatic carbocycles. The predicted molar refractivity (Wildman–Crippen MR) is 95.0 cm³/mol. The van der Waals surface area contributed by atoms with Crippen molar-refractivity contribution in [1.82, 2.24) is 0 Å². The standard InChI is InChI=1S/C19H12FNO4S/c20-13-9-11-14(12-10-13)25-19(22)15-5-1-3-7-17(15)26-18-8-4-2-6-16(18)21(23)24/h1-12H. The van der Waals surface area contributed by atoms with E-state index >= 15 is 0 Å². The van der Waals surface area contributed by atoms with E-state index in [1.807, 2.05) is 0 Å². The number of para-hydroxylation sites is 1. The summed E-state index contributed by atoms with van der Waals surface area (Å²) in [6.07, 6.45) is 0. The van der Waals surface area contributed by atoms with Gasteiger partial charge in [-0.2, -0.15) is 0 Å². The van der Waals surface area contributed by atoms with Gasteiger partial charge in [0.1, 0.15) is 11.6 Å². The lowest BCUT2D eigenvalue weighted by Crippen LogP contribution is -2.09. The molecule has 0 N–H and O–H groups in total. The summed E-state index contributed by atoms with van der Waals surface area (Å²) in [5, 5.41) is 11.2. The fourth-order valence-electron chi connectivity index (χ4n) is 2.20. The SMILES string of the molecule is O=C(Oc1ccc(F)cc1)c1ccccc1Sc1ccccc1[N+](=O)[O-]. The number of hydrogen-bond donors (Lipinski definition) is 0. The van der Waals surface area contributed by atoms with Gasteiger partial charge in [-0.25, -0.2) is 9.18 Å². The molecule has 0 atom stereocenters. The van der Waals surface area contributed by atoms with Gasteiger partial charge in [0.15, 0.2) is 0 Å². The minimum absolute atomic E-state index is 0.0424. The van der Waals surface area contributed by atoms with Gasteiger partial charge in [-0.3, -0.25) is 10.1 Å². The number of hydrogen-bond acceptors (Lipinski definition) is 5. The zero-order valence-electron chi connectivity index (χ0n) is 13.3. The van der Waals surface area contributed by atoms with Crippen LogP contribution in [0.4, 0.5) is 10.1 Å². The van der Waals surface area contributed by atoms with Gasteiger partial charge in [0.25, 0.3) is 5.69 Å². The summed E-state index contributed by atoms with van der Waals surface area (Å²) in [5.74, 6) is -0.850. The summed E-state index contributed by atoms with van der Waals surface area (Å²) < 4.78 is 18.2. The molecule has 0 aliphatic heterocycles. The van der Waals surface area contributed by atoms with Gasteiger partial charge in [0, 0.05) is 11.0 Å². The Hall–Kier alpha value is -3.19. The molecule has 26 heavy (non-hydrogen) atoms. The van der Waals surface area contributed by atoms with E-state index in [2.05, 4.69) is 0 Å². The lowest BCUT2D eigenvalue weighted by atomic mass is 10.2. The molecule has 7 heteroatoms. The van der Waals surface area contributed by atoms with Crippen molar-refractivity contribution in [3.63, 3.8) is 0 Å². The molecule has 0 aliphatic rings. The van der Waals surface area contributed by atoms with Gasteiger partial charge >= 0.3 is 5.97 Å². The number of esters is 1. The highest BCUT2D eigenvalue weighted by atomic mass is 32.2. The second kappa shape index (κ2) is 7.79. The molecule has 0 amide bonds. The van der Waals surface area contributed by atoms with Crippen LogP contribution in [-0.2, 0) is 0 Å². The number of benzene rings is 3. The van der Waals surface area contributed by atoms with Crippen LogP contribution in [0.1, 0.15) is 10.4 Å². The monoisotopic (exact) mass is 369 g/mol. The largest absolute Gasteiger partial charge is 0.423 e. The molecule has 0 aromatic heterocycles. The molecule has 3 aromatic rings. The Kier molecular flexibility index (Phi) is 5.28. The Balaban J connectivity index is 1.88. The van der Waals surface area contributed by atoms with Crippen molar-refractivity contribution >= 4 is 23.4 Å². The number of carbonyl (C=O) groups excluding carboxylic acids is 1. The molecule has 0 fully saturated rings. The van der Waals surface area contributed by atoms with Gasteiger partial charge in [0.05, 0.1) is 15.4 Å². The van der Waals surface area contributed by atoms with Crippen LogP contribution in [0.2, 0.25) is 0 Å². The van der Waals surface area contributed by atoms with E-state index in [0.29, 0.717) is 9.79 Å². The van der Waals surface area contributed by atoms with Crippen LogP contribution in [0.5, 0.6) is 5.75 Å². The Labute approximate surface area is 152 Å². The van der Waals surface area contributed by atoms with Crippen molar-refractivity contribution in [3.05, 3.63) is 94.3 Å². The topological polar surface area (TPSA) is 69.4 Å². The Morgan fingerprint density at radius 1 is 0.923 bits per heavy atom. The van der Waals surface area contributed by atoms with Gasteiger partial charge in [-0.05, 0) is 42.5 Å². The number of nitrogens with zero attached hydrogens (tertiary/aromatic N) is 1. The van der Waals surface area contributed by atoms with Crippen LogP contribution >= 0.6 is 11.8 Å². The summed E-state index contributed by atoms with van der Waals surface area (Å²) in [5.41, 5.74) is 0.221. The second-order valence-corrected chi connectivity index (χ2v) is 6.25. The first-order valence-electron chi connectivity index (χ1n) is 7.52. The summed E-state index contributed by atoms with van der Waals surface area (Å²) in [6.45, 7) is 0. The highest BCUT2D eigenvalue weighted by molar-refractivity contribution is 7.99. The molecule has 0 saturated heterocycles. The van der Waals surface area contributed by atoms with Crippen molar-refractivity contribution in [2.75, 3.05) is 0 Å². The zero-order chi connectivity index (χ0) is 18.5.